The van der Waals surface area contributed by atoms with Crippen molar-refractivity contribution in [3.8, 4) is 0 Å². The second-order valence-electron chi connectivity index (χ2n) is 7.22. The van der Waals surface area contributed by atoms with Gasteiger partial charge in [0.05, 0.1) is 12.4 Å². The van der Waals surface area contributed by atoms with Crippen LogP contribution in [0.25, 0.3) is 0 Å². The molecule has 0 spiro atoms. The first kappa shape index (κ1) is 23.5. The Morgan fingerprint density at radius 2 is 1.61 bits per heavy atom. The molecule has 1 aromatic rings. The topological polar surface area (TPSA) is 137 Å². The first-order chi connectivity index (χ1) is 13.0. The fourth-order valence-corrected chi connectivity index (χ4v) is 3.30. The molecule has 2 amide bonds. The van der Waals surface area contributed by atoms with Gasteiger partial charge in [0.1, 0.15) is 5.60 Å². The molecule has 0 aromatic heterocycles. The molecule has 0 aliphatic carbocycles. The molecule has 0 radical (unpaired) electrons. The van der Waals surface area contributed by atoms with E-state index in [0.717, 1.165) is 0 Å². The van der Waals surface area contributed by atoms with Crippen LogP contribution < -0.4 is 15.8 Å². The Hall–Kier alpha value is -2.49. The van der Waals surface area contributed by atoms with Crippen LogP contribution in [0.1, 0.15) is 46.5 Å². The van der Waals surface area contributed by atoms with Gasteiger partial charge < -0.3 is 15.2 Å². The number of hydrogen-bond donors (Lipinski definition) is 3. The number of benzene rings is 1. The van der Waals surface area contributed by atoms with E-state index in [0.29, 0.717) is 37.1 Å². The Bertz CT molecular complexity index is 742. The number of sulfonamides is 1. The third-order valence-electron chi connectivity index (χ3n) is 3.33. The van der Waals surface area contributed by atoms with Crippen molar-refractivity contribution < 1.29 is 27.5 Å². The third kappa shape index (κ3) is 11.3. The summed E-state index contributed by atoms with van der Waals surface area (Å²) in [7, 11) is -3.42. The number of carbonyl (C=O) groups is 2. The number of carbonyl (C=O) groups excluding carboxylic acids is 2. The molecule has 10 heteroatoms. The molecule has 0 bridgehead atoms. The number of rotatable bonds is 9. The Morgan fingerprint density at radius 1 is 1.00 bits per heavy atom. The van der Waals surface area contributed by atoms with E-state index in [-0.39, 0.29) is 12.4 Å². The molecular weight excluding hydrogens is 386 g/mol. The van der Waals surface area contributed by atoms with E-state index in [4.69, 9.17) is 15.2 Å². The van der Waals surface area contributed by atoms with Gasteiger partial charge in [0.2, 0.25) is 10.0 Å². The van der Waals surface area contributed by atoms with Crippen LogP contribution >= 0.6 is 0 Å². The number of unbranched alkanes of at least 4 members (excludes halogenated alkanes) is 3. The fourth-order valence-electron chi connectivity index (χ4n) is 2.12. The van der Waals surface area contributed by atoms with Crippen molar-refractivity contribution in [2.45, 2.75) is 52.1 Å². The van der Waals surface area contributed by atoms with Gasteiger partial charge in [0.15, 0.2) is 0 Å². The van der Waals surface area contributed by atoms with Crippen molar-refractivity contribution in [2.24, 2.45) is 0 Å². The molecule has 0 aliphatic rings. The van der Waals surface area contributed by atoms with Gasteiger partial charge in [0.25, 0.3) is 0 Å². The van der Waals surface area contributed by atoms with Gasteiger partial charge in [0, 0.05) is 11.4 Å². The Balaban J connectivity index is 2.13. The highest BCUT2D eigenvalue weighted by atomic mass is 32.2. The Labute approximate surface area is 166 Å². The largest absolute Gasteiger partial charge is 0.449 e. The normalized spacial score (nSPS) is 11.5. The molecule has 28 heavy (non-hydrogen) atoms. The average Bonchev–Trinajstić information content (AvgIpc) is 2.54. The molecule has 0 heterocycles. The van der Waals surface area contributed by atoms with Crippen molar-refractivity contribution in [1.29, 1.82) is 0 Å². The van der Waals surface area contributed by atoms with Gasteiger partial charge in [-0.2, -0.15) is 0 Å². The Kier molecular flexibility index (Phi) is 9.04. The van der Waals surface area contributed by atoms with Crippen molar-refractivity contribution in [2.75, 3.05) is 22.8 Å². The van der Waals surface area contributed by atoms with E-state index in [1.54, 1.807) is 45.0 Å². The standard InChI is InChI=1S/C18H29N3O6S/c1-18(2,3)27-17(23)20-16(22)26-12-6-4-5-7-13-28(24,25)21-15-10-8-14(19)9-11-15/h8-11,21H,4-7,12-13,19H2,1-3H3,(H,20,22,23). The minimum absolute atomic E-state index is 0.00262. The van der Waals surface area contributed by atoms with Crippen LogP contribution in [0.15, 0.2) is 24.3 Å². The molecule has 0 atom stereocenters. The maximum absolute atomic E-state index is 12.0. The van der Waals surface area contributed by atoms with E-state index >= 15 is 0 Å². The summed E-state index contributed by atoms with van der Waals surface area (Å²) in [6.45, 7) is 5.18. The number of nitrogen functional groups attached to an aromatic ring is 1. The van der Waals surface area contributed by atoms with Crippen molar-refractivity contribution >= 4 is 33.6 Å². The summed E-state index contributed by atoms with van der Waals surface area (Å²) in [5, 5.41) is 1.97. The molecule has 0 aliphatic heterocycles. The van der Waals surface area contributed by atoms with Crippen molar-refractivity contribution in [3.05, 3.63) is 24.3 Å². The summed E-state index contributed by atoms with van der Waals surface area (Å²) < 4.78 is 36.3. The molecule has 4 N–H and O–H groups in total. The summed E-state index contributed by atoms with van der Waals surface area (Å²) in [5.41, 5.74) is 5.89. The van der Waals surface area contributed by atoms with Crippen LogP contribution in [0.2, 0.25) is 0 Å². The highest BCUT2D eigenvalue weighted by Crippen LogP contribution is 2.13. The number of alkyl carbamates (subject to hydrolysis) is 2. The molecule has 1 rings (SSSR count). The lowest BCUT2D eigenvalue weighted by Gasteiger charge is -2.19. The highest BCUT2D eigenvalue weighted by Gasteiger charge is 2.18. The lowest BCUT2D eigenvalue weighted by atomic mass is 10.2. The van der Waals surface area contributed by atoms with E-state index < -0.39 is 27.8 Å². The van der Waals surface area contributed by atoms with Crippen LogP contribution in [-0.4, -0.2) is 38.6 Å². The minimum Gasteiger partial charge on any atom is -0.449 e. The zero-order chi connectivity index (χ0) is 21.2. The van der Waals surface area contributed by atoms with Crippen molar-refractivity contribution in [3.63, 3.8) is 0 Å². The minimum atomic E-state index is -3.42. The van der Waals surface area contributed by atoms with Gasteiger partial charge in [-0.3, -0.25) is 4.72 Å². The SMILES string of the molecule is CC(C)(C)OC(=O)NC(=O)OCCCCCCS(=O)(=O)Nc1ccc(N)cc1. The maximum Gasteiger partial charge on any atom is 0.417 e. The number of amides is 2. The molecule has 0 saturated carbocycles. The second-order valence-corrected chi connectivity index (χ2v) is 9.06. The summed E-state index contributed by atoms with van der Waals surface area (Å²) in [5.74, 6) is -0.00262. The number of anilines is 2. The fraction of sp³-hybridized carbons (Fsp3) is 0.556. The van der Waals surface area contributed by atoms with E-state index in [1.165, 1.54) is 0 Å². The van der Waals surface area contributed by atoms with E-state index in [9.17, 15) is 18.0 Å². The number of imide groups is 1. The number of hydrogen-bond acceptors (Lipinski definition) is 7. The maximum atomic E-state index is 12.0. The number of nitrogens with two attached hydrogens (primary N) is 1. The number of nitrogens with one attached hydrogen (secondary N) is 2. The quantitative estimate of drug-likeness (QED) is 0.416. The van der Waals surface area contributed by atoms with Crippen molar-refractivity contribution in [1.82, 2.24) is 5.32 Å². The summed E-state index contributed by atoms with van der Waals surface area (Å²) in [6.07, 6.45) is 0.666. The average molecular weight is 416 g/mol. The van der Waals surface area contributed by atoms with Gasteiger partial charge in [-0.15, -0.1) is 0 Å². The van der Waals surface area contributed by atoms with Gasteiger partial charge in [-0.05, 0) is 57.9 Å². The lowest BCUT2D eigenvalue weighted by Crippen LogP contribution is -2.36. The van der Waals surface area contributed by atoms with Gasteiger partial charge in [-0.25, -0.2) is 23.3 Å². The zero-order valence-corrected chi connectivity index (χ0v) is 17.3. The number of ether oxygens (including phenoxy) is 2. The highest BCUT2D eigenvalue weighted by molar-refractivity contribution is 7.92. The molecule has 0 fully saturated rings. The van der Waals surface area contributed by atoms with Crippen LogP contribution in [0.3, 0.4) is 0 Å². The van der Waals surface area contributed by atoms with Gasteiger partial charge in [-0.1, -0.05) is 12.8 Å². The third-order valence-corrected chi connectivity index (χ3v) is 4.70. The first-order valence-corrected chi connectivity index (χ1v) is 10.6. The van der Waals surface area contributed by atoms with E-state index in [2.05, 4.69) is 4.72 Å². The van der Waals surface area contributed by atoms with E-state index in [1.807, 2.05) is 5.32 Å². The monoisotopic (exact) mass is 415 g/mol. The van der Waals surface area contributed by atoms with Gasteiger partial charge >= 0.3 is 12.2 Å². The molecule has 0 unspecified atom stereocenters. The zero-order valence-electron chi connectivity index (χ0n) is 16.5. The van der Waals surface area contributed by atoms with Crippen LogP contribution in [-0.2, 0) is 19.5 Å². The second kappa shape index (κ2) is 10.7. The van der Waals surface area contributed by atoms with Crippen LogP contribution in [0.5, 0.6) is 0 Å². The summed E-state index contributed by atoms with van der Waals surface area (Å²) >= 11 is 0. The summed E-state index contributed by atoms with van der Waals surface area (Å²) in [6, 6.07) is 6.45. The molecular formula is C18H29N3O6S. The predicted octanol–water partition coefficient (Wildman–Crippen LogP) is 3.23. The van der Waals surface area contributed by atoms with Crippen LogP contribution in [0, 0.1) is 0 Å². The molecule has 9 nitrogen and oxygen atoms in total. The summed E-state index contributed by atoms with van der Waals surface area (Å²) in [4.78, 5) is 22.8. The predicted molar refractivity (Wildman–Crippen MR) is 107 cm³/mol. The lowest BCUT2D eigenvalue weighted by molar-refractivity contribution is 0.0510. The smallest absolute Gasteiger partial charge is 0.417 e. The molecule has 1 aromatic carbocycles. The Morgan fingerprint density at radius 3 is 2.21 bits per heavy atom. The molecule has 158 valence electrons. The first-order valence-electron chi connectivity index (χ1n) is 9.00. The molecule has 0 saturated heterocycles. The van der Waals surface area contributed by atoms with Crippen LogP contribution in [0.4, 0.5) is 21.0 Å².